The Bertz CT molecular complexity index is 548. The van der Waals surface area contributed by atoms with Crippen LogP contribution in [-0.4, -0.2) is 12.8 Å². The van der Waals surface area contributed by atoms with Gasteiger partial charge in [-0.3, -0.25) is 4.79 Å². The van der Waals surface area contributed by atoms with Crippen molar-refractivity contribution in [2.24, 2.45) is 0 Å². The molecular weight excluding hydrogens is 221 g/mol. The Morgan fingerprint density at radius 3 is 2.65 bits per heavy atom. The van der Waals surface area contributed by atoms with E-state index in [0.717, 1.165) is 0 Å². The summed E-state index contributed by atoms with van der Waals surface area (Å²) in [6.45, 7) is 1.44. The molecule has 2 aromatic rings. The molecule has 88 valence electrons. The van der Waals surface area contributed by atoms with Gasteiger partial charge < -0.3 is 9.32 Å². The van der Waals surface area contributed by atoms with Gasteiger partial charge in [0.15, 0.2) is 17.4 Å². The normalized spacial score (nSPS) is 10.3. The van der Waals surface area contributed by atoms with E-state index in [9.17, 15) is 9.18 Å². The lowest BCUT2D eigenvalue weighted by molar-refractivity contribution is 0.0988. The number of halogens is 1. The highest BCUT2D eigenvalue weighted by Gasteiger charge is 2.11. The van der Waals surface area contributed by atoms with Gasteiger partial charge in [0.1, 0.15) is 5.82 Å². The number of hydrogen-bond donors (Lipinski definition) is 0. The Kier molecular flexibility index (Phi) is 2.95. The molecule has 0 N–H and O–H groups in total. The van der Waals surface area contributed by atoms with E-state index < -0.39 is 0 Å². The second-order valence-corrected chi connectivity index (χ2v) is 3.73. The third kappa shape index (κ3) is 2.36. The summed E-state index contributed by atoms with van der Waals surface area (Å²) in [5, 5.41) is 0. The number of anilines is 2. The van der Waals surface area contributed by atoms with Crippen LogP contribution in [0.5, 0.6) is 0 Å². The van der Waals surface area contributed by atoms with Crippen molar-refractivity contribution in [3.05, 3.63) is 48.0 Å². The molecule has 0 spiro atoms. The Morgan fingerprint density at radius 2 is 2.06 bits per heavy atom. The molecule has 0 aliphatic heterocycles. The molecule has 4 heteroatoms. The van der Waals surface area contributed by atoms with Crippen LogP contribution in [0.25, 0.3) is 0 Å². The number of rotatable bonds is 3. The van der Waals surface area contributed by atoms with Gasteiger partial charge in [-0.1, -0.05) is 6.07 Å². The zero-order valence-corrected chi connectivity index (χ0v) is 9.61. The summed E-state index contributed by atoms with van der Waals surface area (Å²) in [6.07, 6.45) is 0. The molecule has 0 bridgehead atoms. The SMILES string of the molecule is CC(=O)c1ccc(N(C)c2cccc(F)c2)o1. The Morgan fingerprint density at radius 1 is 1.29 bits per heavy atom. The van der Waals surface area contributed by atoms with E-state index in [0.29, 0.717) is 17.3 Å². The zero-order valence-electron chi connectivity index (χ0n) is 9.61. The fourth-order valence-corrected chi connectivity index (χ4v) is 1.51. The van der Waals surface area contributed by atoms with Crippen molar-refractivity contribution in [2.45, 2.75) is 6.92 Å². The first-order chi connectivity index (χ1) is 8.08. The molecule has 2 rings (SSSR count). The maximum atomic E-state index is 13.1. The fourth-order valence-electron chi connectivity index (χ4n) is 1.51. The second-order valence-electron chi connectivity index (χ2n) is 3.73. The van der Waals surface area contributed by atoms with Crippen molar-refractivity contribution in [1.82, 2.24) is 0 Å². The van der Waals surface area contributed by atoms with Crippen molar-refractivity contribution in [1.29, 1.82) is 0 Å². The largest absolute Gasteiger partial charge is 0.437 e. The Hall–Kier alpha value is -2.10. The monoisotopic (exact) mass is 233 g/mol. The summed E-state index contributed by atoms with van der Waals surface area (Å²) in [5.74, 6) is 0.348. The van der Waals surface area contributed by atoms with Gasteiger partial charge in [0.2, 0.25) is 0 Å². The van der Waals surface area contributed by atoms with Gasteiger partial charge in [-0.15, -0.1) is 0 Å². The van der Waals surface area contributed by atoms with Crippen molar-refractivity contribution in [3.63, 3.8) is 0 Å². The summed E-state index contributed by atoms with van der Waals surface area (Å²) in [7, 11) is 1.75. The molecule has 0 aliphatic rings. The quantitative estimate of drug-likeness (QED) is 0.762. The first-order valence-electron chi connectivity index (χ1n) is 5.18. The van der Waals surface area contributed by atoms with Crippen LogP contribution in [0, 0.1) is 5.82 Å². The first kappa shape index (κ1) is 11.4. The molecule has 17 heavy (non-hydrogen) atoms. The second kappa shape index (κ2) is 4.41. The van der Waals surface area contributed by atoms with Crippen molar-refractivity contribution >= 4 is 17.4 Å². The number of carbonyl (C=O) groups is 1. The number of furan rings is 1. The Labute approximate surface area is 98.5 Å². The number of hydrogen-bond acceptors (Lipinski definition) is 3. The summed E-state index contributed by atoms with van der Waals surface area (Å²) >= 11 is 0. The van der Waals surface area contributed by atoms with Gasteiger partial charge in [-0.05, 0) is 24.3 Å². The predicted octanol–water partition coefficient (Wildman–Crippen LogP) is 3.39. The average Bonchev–Trinajstić information content (AvgIpc) is 2.77. The van der Waals surface area contributed by atoms with Gasteiger partial charge in [0.25, 0.3) is 0 Å². The third-order valence-electron chi connectivity index (χ3n) is 2.46. The highest BCUT2D eigenvalue weighted by Crippen LogP contribution is 2.26. The van der Waals surface area contributed by atoms with E-state index >= 15 is 0 Å². The van der Waals surface area contributed by atoms with Gasteiger partial charge in [0, 0.05) is 25.7 Å². The molecule has 1 heterocycles. The van der Waals surface area contributed by atoms with Gasteiger partial charge >= 0.3 is 0 Å². The molecule has 0 unspecified atom stereocenters. The van der Waals surface area contributed by atoms with Crippen LogP contribution in [0.2, 0.25) is 0 Å². The van der Waals surface area contributed by atoms with Crippen molar-refractivity contribution in [2.75, 3.05) is 11.9 Å². The van der Waals surface area contributed by atoms with Crippen LogP contribution >= 0.6 is 0 Å². The molecule has 0 aliphatic carbocycles. The van der Waals surface area contributed by atoms with Crippen LogP contribution < -0.4 is 4.90 Å². The number of ketones is 1. The van der Waals surface area contributed by atoms with Crippen molar-refractivity contribution in [3.8, 4) is 0 Å². The summed E-state index contributed by atoms with van der Waals surface area (Å²) in [4.78, 5) is 12.8. The summed E-state index contributed by atoms with van der Waals surface area (Å²) in [5.41, 5.74) is 0.662. The molecule has 0 fully saturated rings. The smallest absolute Gasteiger partial charge is 0.200 e. The standard InChI is InChI=1S/C13H12FNO2/c1-9(16)12-6-7-13(17-12)15(2)11-5-3-4-10(14)8-11/h3-8H,1-2H3. The summed E-state index contributed by atoms with van der Waals surface area (Å²) < 4.78 is 18.4. The minimum atomic E-state index is -0.312. The third-order valence-corrected chi connectivity index (χ3v) is 2.46. The molecule has 0 saturated heterocycles. The van der Waals surface area contributed by atoms with E-state index in [2.05, 4.69) is 0 Å². The highest BCUT2D eigenvalue weighted by atomic mass is 19.1. The highest BCUT2D eigenvalue weighted by molar-refractivity contribution is 5.91. The molecular formula is C13H12FNO2. The number of nitrogens with zero attached hydrogens (tertiary/aromatic N) is 1. The van der Waals surface area contributed by atoms with Gasteiger partial charge in [-0.25, -0.2) is 4.39 Å². The maximum absolute atomic E-state index is 13.1. The van der Waals surface area contributed by atoms with E-state index in [4.69, 9.17) is 4.42 Å². The van der Waals surface area contributed by atoms with Crippen LogP contribution in [-0.2, 0) is 0 Å². The number of Topliss-reactive ketones (excluding diaryl/α,β-unsaturated/α-hetero) is 1. The first-order valence-corrected chi connectivity index (χ1v) is 5.18. The van der Waals surface area contributed by atoms with E-state index in [1.54, 1.807) is 36.2 Å². The Balaban J connectivity index is 2.30. The van der Waals surface area contributed by atoms with Crippen LogP contribution in [0.4, 0.5) is 16.0 Å². The summed E-state index contributed by atoms with van der Waals surface area (Å²) in [6, 6.07) is 9.45. The molecule has 0 amide bonds. The average molecular weight is 233 g/mol. The van der Waals surface area contributed by atoms with E-state index in [-0.39, 0.29) is 11.6 Å². The molecule has 0 radical (unpaired) electrons. The van der Waals surface area contributed by atoms with Crippen molar-refractivity contribution < 1.29 is 13.6 Å². The minimum absolute atomic E-state index is 0.135. The number of carbonyl (C=O) groups excluding carboxylic acids is 1. The lowest BCUT2D eigenvalue weighted by Gasteiger charge is -2.15. The van der Waals surface area contributed by atoms with Crippen LogP contribution in [0.1, 0.15) is 17.5 Å². The lowest BCUT2D eigenvalue weighted by atomic mass is 10.3. The molecule has 1 aromatic heterocycles. The molecule has 3 nitrogen and oxygen atoms in total. The zero-order chi connectivity index (χ0) is 12.4. The van der Waals surface area contributed by atoms with Gasteiger partial charge in [0.05, 0.1) is 0 Å². The van der Waals surface area contributed by atoms with Gasteiger partial charge in [-0.2, -0.15) is 0 Å². The molecule has 0 atom stereocenters. The molecule has 0 saturated carbocycles. The van der Waals surface area contributed by atoms with Crippen LogP contribution in [0.3, 0.4) is 0 Å². The maximum Gasteiger partial charge on any atom is 0.200 e. The topological polar surface area (TPSA) is 33.5 Å². The molecule has 1 aromatic carbocycles. The fraction of sp³-hybridized carbons (Fsp3) is 0.154. The number of benzene rings is 1. The van der Waals surface area contributed by atoms with E-state index in [1.165, 1.54) is 19.1 Å². The van der Waals surface area contributed by atoms with E-state index in [1.807, 2.05) is 0 Å². The lowest BCUT2D eigenvalue weighted by Crippen LogP contribution is -2.08. The van der Waals surface area contributed by atoms with Crippen LogP contribution in [0.15, 0.2) is 40.8 Å². The predicted molar refractivity (Wildman–Crippen MR) is 63.2 cm³/mol. The minimum Gasteiger partial charge on any atom is -0.437 e.